The SMILES string of the molecule is CCO[P@]1(=O)CCC[C@@H](CI)O1. The molecule has 1 aliphatic rings. The molecule has 1 fully saturated rings. The standard InChI is InChI=1S/C7H14IO3P/c1-2-10-12(9)5-3-4-7(6-8)11-12/h7H,2-6H2,1H3/t7-,12+/m0/s1. The van der Waals surface area contributed by atoms with Gasteiger partial charge in [0.05, 0.1) is 18.9 Å². The van der Waals surface area contributed by atoms with Crippen LogP contribution in [0.3, 0.4) is 0 Å². The van der Waals surface area contributed by atoms with Gasteiger partial charge in [0.2, 0.25) is 0 Å². The van der Waals surface area contributed by atoms with E-state index in [4.69, 9.17) is 9.05 Å². The molecule has 5 heteroatoms. The van der Waals surface area contributed by atoms with Crippen molar-refractivity contribution in [1.29, 1.82) is 0 Å². The average Bonchev–Trinajstić information content (AvgIpc) is 2.04. The fourth-order valence-electron chi connectivity index (χ4n) is 1.24. The van der Waals surface area contributed by atoms with E-state index in [0.717, 1.165) is 17.3 Å². The van der Waals surface area contributed by atoms with E-state index in [0.29, 0.717) is 12.8 Å². The highest BCUT2D eigenvalue weighted by Crippen LogP contribution is 2.53. The Balaban J connectivity index is 2.49. The van der Waals surface area contributed by atoms with Crippen molar-refractivity contribution in [2.24, 2.45) is 0 Å². The van der Waals surface area contributed by atoms with Gasteiger partial charge in [-0.1, -0.05) is 22.6 Å². The first-order valence-electron chi connectivity index (χ1n) is 4.18. The summed E-state index contributed by atoms with van der Waals surface area (Å²) in [5.41, 5.74) is 0. The molecule has 0 radical (unpaired) electrons. The van der Waals surface area contributed by atoms with Crippen molar-refractivity contribution in [3.63, 3.8) is 0 Å². The number of halogens is 1. The predicted octanol–water partition coefficient (Wildman–Crippen LogP) is 2.83. The Bertz CT molecular complexity index is 179. The molecule has 0 unspecified atom stereocenters. The van der Waals surface area contributed by atoms with E-state index in [9.17, 15) is 4.57 Å². The summed E-state index contributed by atoms with van der Waals surface area (Å²) in [6.07, 6.45) is 2.70. The summed E-state index contributed by atoms with van der Waals surface area (Å²) in [5.74, 6) is 0. The first kappa shape index (κ1) is 11.0. The van der Waals surface area contributed by atoms with Gasteiger partial charge >= 0.3 is 7.60 Å². The maximum absolute atomic E-state index is 11.8. The summed E-state index contributed by atoms with van der Waals surface area (Å²) < 4.78 is 23.2. The van der Waals surface area contributed by atoms with Crippen molar-refractivity contribution >= 4 is 30.2 Å². The zero-order chi connectivity index (χ0) is 9.03. The molecule has 3 nitrogen and oxygen atoms in total. The van der Waals surface area contributed by atoms with Gasteiger partial charge in [0.15, 0.2) is 0 Å². The lowest BCUT2D eigenvalue weighted by molar-refractivity contribution is 0.143. The Morgan fingerprint density at radius 3 is 3.08 bits per heavy atom. The molecular weight excluding hydrogens is 290 g/mol. The number of hydrogen-bond donors (Lipinski definition) is 0. The van der Waals surface area contributed by atoms with Gasteiger partial charge in [0, 0.05) is 4.43 Å². The van der Waals surface area contributed by atoms with Crippen molar-refractivity contribution < 1.29 is 13.6 Å². The smallest absolute Gasteiger partial charge is 0.309 e. The third kappa shape index (κ3) is 2.98. The van der Waals surface area contributed by atoms with Crippen LogP contribution in [0.2, 0.25) is 0 Å². The molecule has 0 aromatic heterocycles. The van der Waals surface area contributed by atoms with Crippen LogP contribution in [0.5, 0.6) is 0 Å². The van der Waals surface area contributed by atoms with Crippen LogP contribution in [0, 0.1) is 0 Å². The first-order valence-corrected chi connectivity index (χ1v) is 7.43. The van der Waals surface area contributed by atoms with Crippen LogP contribution < -0.4 is 0 Å². The number of alkyl halides is 1. The summed E-state index contributed by atoms with van der Waals surface area (Å²) in [5, 5.41) is 0. The monoisotopic (exact) mass is 304 g/mol. The number of hydrogen-bond acceptors (Lipinski definition) is 3. The lowest BCUT2D eigenvalue weighted by Gasteiger charge is -2.27. The normalized spacial score (nSPS) is 36.7. The third-order valence-corrected chi connectivity index (χ3v) is 4.88. The average molecular weight is 304 g/mol. The molecule has 0 saturated carbocycles. The first-order chi connectivity index (χ1) is 5.70. The minimum absolute atomic E-state index is 0.136. The Hall–Kier alpha value is 0.880. The van der Waals surface area contributed by atoms with Gasteiger partial charge < -0.3 is 9.05 Å². The van der Waals surface area contributed by atoms with Gasteiger partial charge in [-0.2, -0.15) is 0 Å². The molecule has 0 aromatic carbocycles. The summed E-state index contributed by atoms with van der Waals surface area (Å²) >= 11 is 2.25. The van der Waals surface area contributed by atoms with Gasteiger partial charge in [-0.05, 0) is 19.8 Å². The largest absolute Gasteiger partial charge is 0.330 e. The third-order valence-electron chi connectivity index (χ3n) is 1.77. The fraction of sp³-hybridized carbons (Fsp3) is 1.00. The summed E-state index contributed by atoms with van der Waals surface area (Å²) in [7, 11) is -2.69. The zero-order valence-corrected chi connectivity index (χ0v) is 10.2. The molecule has 0 aliphatic carbocycles. The van der Waals surface area contributed by atoms with Crippen molar-refractivity contribution in [1.82, 2.24) is 0 Å². The van der Waals surface area contributed by atoms with E-state index in [2.05, 4.69) is 22.6 Å². The quantitative estimate of drug-likeness (QED) is 0.457. The van der Waals surface area contributed by atoms with Crippen LogP contribution in [0.1, 0.15) is 19.8 Å². The highest BCUT2D eigenvalue weighted by atomic mass is 127. The molecule has 12 heavy (non-hydrogen) atoms. The second-order valence-corrected chi connectivity index (χ2v) is 5.80. The van der Waals surface area contributed by atoms with E-state index in [-0.39, 0.29) is 6.10 Å². The molecule has 1 rings (SSSR count). The van der Waals surface area contributed by atoms with Crippen molar-refractivity contribution in [2.75, 3.05) is 17.2 Å². The lowest BCUT2D eigenvalue weighted by atomic mass is 10.2. The van der Waals surface area contributed by atoms with Crippen LogP contribution in [-0.2, 0) is 13.6 Å². The summed E-state index contributed by atoms with van der Waals surface area (Å²) in [6, 6.07) is 0. The maximum atomic E-state index is 11.8. The second-order valence-electron chi connectivity index (χ2n) is 2.78. The Kier molecular flexibility index (Phi) is 4.51. The molecular formula is C7H14IO3P. The fourth-order valence-corrected chi connectivity index (χ4v) is 4.04. The van der Waals surface area contributed by atoms with Crippen LogP contribution in [-0.4, -0.2) is 23.3 Å². The molecule has 1 saturated heterocycles. The van der Waals surface area contributed by atoms with E-state index < -0.39 is 7.60 Å². The van der Waals surface area contributed by atoms with Crippen LogP contribution in [0.15, 0.2) is 0 Å². The summed E-state index contributed by atoms with van der Waals surface area (Å²) in [4.78, 5) is 0. The highest BCUT2D eigenvalue weighted by molar-refractivity contribution is 14.1. The second kappa shape index (κ2) is 4.94. The topological polar surface area (TPSA) is 35.5 Å². The van der Waals surface area contributed by atoms with Gasteiger partial charge in [0.25, 0.3) is 0 Å². The molecule has 1 heterocycles. The summed E-state index contributed by atoms with van der Waals surface area (Å²) in [6.45, 7) is 2.32. The van der Waals surface area contributed by atoms with Crippen molar-refractivity contribution in [3.8, 4) is 0 Å². The Morgan fingerprint density at radius 2 is 2.50 bits per heavy atom. The van der Waals surface area contributed by atoms with Crippen molar-refractivity contribution in [3.05, 3.63) is 0 Å². The molecule has 2 atom stereocenters. The van der Waals surface area contributed by atoms with Crippen LogP contribution in [0.25, 0.3) is 0 Å². The minimum atomic E-state index is -2.69. The molecule has 72 valence electrons. The molecule has 0 aromatic rings. The van der Waals surface area contributed by atoms with E-state index in [1.54, 1.807) is 0 Å². The van der Waals surface area contributed by atoms with Gasteiger partial charge in [-0.15, -0.1) is 0 Å². The number of rotatable bonds is 3. The molecule has 0 N–H and O–H groups in total. The minimum Gasteiger partial charge on any atom is -0.309 e. The molecule has 0 amide bonds. The van der Waals surface area contributed by atoms with E-state index in [1.807, 2.05) is 6.92 Å². The predicted molar refractivity (Wildman–Crippen MR) is 57.1 cm³/mol. The van der Waals surface area contributed by atoms with Gasteiger partial charge in [-0.3, -0.25) is 4.57 Å². The zero-order valence-electron chi connectivity index (χ0n) is 7.16. The molecule has 0 bridgehead atoms. The maximum Gasteiger partial charge on any atom is 0.330 e. The lowest BCUT2D eigenvalue weighted by Crippen LogP contribution is -2.20. The highest BCUT2D eigenvalue weighted by Gasteiger charge is 2.32. The molecule has 0 spiro atoms. The molecule has 1 aliphatic heterocycles. The Morgan fingerprint density at radius 1 is 1.75 bits per heavy atom. The van der Waals surface area contributed by atoms with Crippen molar-refractivity contribution in [2.45, 2.75) is 25.9 Å². The van der Waals surface area contributed by atoms with Gasteiger partial charge in [-0.25, -0.2) is 0 Å². The van der Waals surface area contributed by atoms with E-state index >= 15 is 0 Å². The van der Waals surface area contributed by atoms with Gasteiger partial charge in [0.1, 0.15) is 0 Å². The Labute approximate surface area is 86.9 Å². The van der Waals surface area contributed by atoms with Crippen LogP contribution >= 0.6 is 30.2 Å². The van der Waals surface area contributed by atoms with Crippen LogP contribution in [0.4, 0.5) is 0 Å². The van der Waals surface area contributed by atoms with E-state index in [1.165, 1.54) is 0 Å².